The summed E-state index contributed by atoms with van der Waals surface area (Å²) in [6.45, 7) is 0.721. The molecule has 4 heterocycles. The van der Waals surface area contributed by atoms with E-state index in [1.807, 2.05) is 29.9 Å². The molecule has 28 heavy (non-hydrogen) atoms. The van der Waals surface area contributed by atoms with Gasteiger partial charge in [0, 0.05) is 13.2 Å². The van der Waals surface area contributed by atoms with Crippen LogP contribution >= 0.6 is 0 Å². The maximum absolute atomic E-state index is 6.04. The van der Waals surface area contributed by atoms with Crippen molar-refractivity contribution in [2.45, 2.75) is 32.1 Å². The molecule has 1 aliphatic carbocycles. The number of aryl methyl sites for hydroxylation is 1. The highest BCUT2D eigenvalue weighted by molar-refractivity contribution is 5.89. The van der Waals surface area contributed by atoms with Crippen LogP contribution in [0.2, 0.25) is 0 Å². The van der Waals surface area contributed by atoms with Gasteiger partial charge in [0.05, 0.1) is 29.5 Å². The highest BCUT2D eigenvalue weighted by Crippen LogP contribution is 2.29. The summed E-state index contributed by atoms with van der Waals surface area (Å²) in [6.07, 6.45) is 9.99. The van der Waals surface area contributed by atoms with E-state index < -0.39 is 0 Å². The van der Waals surface area contributed by atoms with Crippen molar-refractivity contribution >= 4 is 33.6 Å². The van der Waals surface area contributed by atoms with Crippen molar-refractivity contribution in [2.75, 3.05) is 11.9 Å². The molecule has 4 aromatic heterocycles. The van der Waals surface area contributed by atoms with E-state index in [2.05, 4.69) is 30.6 Å². The van der Waals surface area contributed by atoms with Crippen LogP contribution in [0.25, 0.3) is 22.1 Å². The number of nitrogens with zero attached hydrogens (tertiary/aromatic N) is 5. The molecule has 8 heteroatoms. The fourth-order valence-corrected chi connectivity index (χ4v) is 3.90. The minimum absolute atomic E-state index is 0.613. The molecule has 0 amide bonds. The van der Waals surface area contributed by atoms with Gasteiger partial charge in [-0.25, -0.2) is 4.98 Å². The zero-order valence-electron chi connectivity index (χ0n) is 15.9. The van der Waals surface area contributed by atoms with E-state index in [4.69, 9.17) is 4.74 Å². The minimum atomic E-state index is 0.613. The van der Waals surface area contributed by atoms with Crippen LogP contribution in [-0.2, 0) is 7.05 Å². The fraction of sp³-hybridized carbons (Fsp3) is 0.400. The second-order valence-electron chi connectivity index (χ2n) is 7.43. The third-order valence-corrected chi connectivity index (χ3v) is 5.42. The van der Waals surface area contributed by atoms with Crippen LogP contribution in [0.5, 0.6) is 5.88 Å². The number of anilines is 2. The molecule has 0 unspecified atom stereocenters. The van der Waals surface area contributed by atoms with Gasteiger partial charge in [0.15, 0.2) is 11.3 Å². The summed E-state index contributed by atoms with van der Waals surface area (Å²) >= 11 is 0. The Bertz CT molecular complexity index is 1110. The van der Waals surface area contributed by atoms with Crippen LogP contribution in [0, 0.1) is 5.92 Å². The maximum atomic E-state index is 6.04. The van der Waals surface area contributed by atoms with Crippen LogP contribution in [-0.4, -0.2) is 36.6 Å². The first-order valence-corrected chi connectivity index (χ1v) is 9.79. The molecule has 0 saturated heterocycles. The summed E-state index contributed by atoms with van der Waals surface area (Å²) in [5.74, 6) is 1.92. The first-order valence-electron chi connectivity index (χ1n) is 9.79. The van der Waals surface area contributed by atoms with Gasteiger partial charge in [-0.2, -0.15) is 5.10 Å². The Morgan fingerprint density at radius 2 is 2.11 bits per heavy atom. The molecular formula is C20H23N7O. The summed E-state index contributed by atoms with van der Waals surface area (Å²) in [7, 11) is 1.91. The summed E-state index contributed by atoms with van der Waals surface area (Å²) < 4.78 is 7.85. The van der Waals surface area contributed by atoms with Crippen molar-refractivity contribution in [3.05, 3.63) is 30.6 Å². The fourth-order valence-electron chi connectivity index (χ4n) is 3.90. The lowest BCUT2D eigenvalue weighted by atomic mass is 9.90. The van der Waals surface area contributed by atoms with Gasteiger partial charge >= 0.3 is 0 Å². The predicted molar refractivity (Wildman–Crippen MR) is 108 cm³/mol. The molecule has 144 valence electrons. The highest BCUT2D eigenvalue weighted by Gasteiger charge is 2.18. The van der Waals surface area contributed by atoms with E-state index in [0.717, 1.165) is 34.4 Å². The first kappa shape index (κ1) is 17.0. The lowest BCUT2D eigenvalue weighted by Gasteiger charge is -2.20. The SMILES string of the molecule is Cn1nc(OCC2CCCCC2)c2ncc(Nc3n[nH]c4cccnc34)cc21. The number of nitrogens with one attached hydrogen (secondary N) is 2. The van der Waals surface area contributed by atoms with Gasteiger partial charge in [-0.3, -0.25) is 14.8 Å². The third-order valence-electron chi connectivity index (χ3n) is 5.42. The molecule has 0 aliphatic heterocycles. The van der Waals surface area contributed by atoms with Crippen molar-refractivity contribution in [1.82, 2.24) is 29.9 Å². The van der Waals surface area contributed by atoms with Gasteiger partial charge in [-0.05, 0) is 37.0 Å². The molecule has 0 atom stereocenters. The monoisotopic (exact) mass is 377 g/mol. The molecule has 5 rings (SSSR count). The van der Waals surface area contributed by atoms with Crippen LogP contribution in [0.15, 0.2) is 30.6 Å². The molecule has 0 bridgehead atoms. The average Bonchev–Trinajstić information content (AvgIpc) is 3.28. The van der Waals surface area contributed by atoms with E-state index >= 15 is 0 Å². The molecule has 2 N–H and O–H groups in total. The summed E-state index contributed by atoms with van der Waals surface area (Å²) in [4.78, 5) is 8.97. The van der Waals surface area contributed by atoms with E-state index in [-0.39, 0.29) is 0 Å². The molecule has 1 fully saturated rings. The predicted octanol–water partition coefficient (Wildman–Crippen LogP) is 3.94. The van der Waals surface area contributed by atoms with Crippen LogP contribution < -0.4 is 10.1 Å². The third kappa shape index (κ3) is 3.15. The highest BCUT2D eigenvalue weighted by atomic mass is 16.5. The van der Waals surface area contributed by atoms with Gasteiger partial charge in [-0.15, -0.1) is 5.10 Å². The van der Waals surface area contributed by atoms with Crippen LogP contribution in [0.4, 0.5) is 11.5 Å². The van der Waals surface area contributed by atoms with Crippen molar-refractivity contribution in [1.29, 1.82) is 0 Å². The Hall–Kier alpha value is -3.16. The second-order valence-corrected chi connectivity index (χ2v) is 7.43. The van der Waals surface area contributed by atoms with Crippen LogP contribution in [0.1, 0.15) is 32.1 Å². The first-order chi connectivity index (χ1) is 13.8. The molecule has 8 nitrogen and oxygen atoms in total. The maximum Gasteiger partial charge on any atom is 0.259 e. The van der Waals surface area contributed by atoms with E-state index in [0.29, 0.717) is 17.6 Å². The Kier molecular flexibility index (Phi) is 4.31. The smallest absolute Gasteiger partial charge is 0.259 e. The number of aromatic amines is 1. The van der Waals surface area contributed by atoms with Gasteiger partial charge in [0.25, 0.3) is 5.88 Å². The molecule has 0 radical (unpaired) electrons. The van der Waals surface area contributed by atoms with E-state index in [1.54, 1.807) is 12.4 Å². The van der Waals surface area contributed by atoms with Gasteiger partial charge in [-0.1, -0.05) is 19.3 Å². The van der Waals surface area contributed by atoms with Crippen molar-refractivity contribution in [3.63, 3.8) is 0 Å². The number of rotatable bonds is 5. The Balaban J connectivity index is 1.38. The molecular weight excluding hydrogens is 354 g/mol. The number of pyridine rings is 2. The number of hydrogen-bond acceptors (Lipinski definition) is 6. The topological polar surface area (TPSA) is 93.5 Å². The Morgan fingerprint density at radius 1 is 1.21 bits per heavy atom. The quantitative estimate of drug-likeness (QED) is 0.547. The van der Waals surface area contributed by atoms with Crippen molar-refractivity contribution in [2.24, 2.45) is 13.0 Å². The summed E-state index contributed by atoms with van der Waals surface area (Å²) in [5.41, 5.74) is 4.21. The molecule has 0 spiro atoms. The van der Waals surface area contributed by atoms with E-state index in [1.165, 1.54) is 32.1 Å². The van der Waals surface area contributed by atoms with E-state index in [9.17, 15) is 0 Å². The largest absolute Gasteiger partial charge is 0.475 e. The zero-order chi connectivity index (χ0) is 18.9. The Morgan fingerprint density at radius 3 is 3.00 bits per heavy atom. The zero-order valence-corrected chi connectivity index (χ0v) is 15.9. The van der Waals surface area contributed by atoms with Crippen molar-refractivity contribution in [3.8, 4) is 5.88 Å². The van der Waals surface area contributed by atoms with Crippen LogP contribution in [0.3, 0.4) is 0 Å². The van der Waals surface area contributed by atoms with Crippen molar-refractivity contribution < 1.29 is 4.74 Å². The van der Waals surface area contributed by atoms with Gasteiger partial charge < -0.3 is 10.1 Å². The minimum Gasteiger partial charge on any atom is -0.475 e. The second kappa shape index (κ2) is 7.10. The normalized spacial score (nSPS) is 15.3. The molecule has 0 aromatic carbocycles. The average molecular weight is 377 g/mol. The standard InChI is InChI=1S/C20H23N7O/c1-27-16-10-14(23-19-17-15(24-25-19)8-5-9-21-17)11-22-18(16)20(26-27)28-12-13-6-3-2-4-7-13/h5,8-11,13H,2-4,6-7,12H2,1H3,(H2,23,24,25). The van der Waals surface area contributed by atoms with Gasteiger partial charge in [0.1, 0.15) is 5.52 Å². The number of hydrogen-bond donors (Lipinski definition) is 2. The Labute approximate surface area is 162 Å². The summed E-state index contributed by atoms with van der Waals surface area (Å²) in [5, 5.41) is 15.1. The molecule has 1 aliphatic rings. The number of H-pyrrole nitrogens is 1. The lowest BCUT2D eigenvalue weighted by molar-refractivity contribution is 0.203. The summed E-state index contributed by atoms with van der Waals surface area (Å²) in [6, 6.07) is 5.83. The number of ether oxygens (including phenoxy) is 1. The molecule has 1 saturated carbocycles. The molecule has 4 aromatic rings. The lowest BCUT2D eigenvalue weighted by Crippen LogP contribution is -2.15. The number of fused-ring (bicyclic) bond motifs is 2. The van der Waals surface area contributed by atoms with Gasteiger partial charge in [0.2, 0.25) is 0 Å². The number of aromatic nitrogens is 6.